The second-order valence-electron chi connectivity index (χ2n) is 6.98. The van der Waals surface area contributed by atoms with Gasteiger partial charge in [-0.25, -0.2) is 4.79 Å². The van der Waals surface area contributed by atoms with Crippen LogP contribution in [0.25, 0.3) is 0 Å². The minimum atomic E-state index is -1.21. The monoisotopic (exact) mass is 557 g/mol. The summed E-state index contributed by atoms with van der Waals surface area (Å²) < 4.78 is 4.69. The van der Waals surface area contributed by atoms with Gasteiger partial charge in [0.2, 0.25) is 11.5 Å². The Balaban J connectivity index is 1.47. The van der Waals surface area contributed by atoms with Crippen molar-refractivity contribution in [2.24, 2.45) is 10.9 Å². The van der Waals surface area contributed by atoms with Crippen LogP contribution in [0.1, 0.15) is 12.2 Å². The Morgan fingerprint density at radius 1 is 1.43 bits per heavy atom. The summed E-state index contributed by atoms with van der Waals surface area (Å²) in [4.78, 5) is 48.2. The number of β-lactam (4-membered cyclic amide) rings is 1. The van der Waals surface area contributed by atoms with Gasteiger partial charge in [0.1, 0.15) is 29.2 Å². The molecule has 0 saturated carbocycles. The second kappa shape index (κ2) is 11.3. The maximum Gasteiger partial charge on any atom is 0.352 e. The number of nitrogens with zero attached hydrogens (tertiary/aromatic N) is 6. The summed E-state index contributed by atoms with van der Waals surface area (Å²) in [7, 11) is 0. The van der Waals surface area contributed by atoms with Crippen LogP contribution >= 0.6 is 46.4 Å². The van der Waals surface area contributed by atoms with E-state index >= 15 is 0 Å². The Hall–Kier alpha value is -2.80. The highest BCUT2D eigenvalue weighted by atomic mass is 32.2. The molecular formula is C17H19N9O5S4. The molecule has 186 valence electrons. The second-order valence-corrected chi connectivity index (χ2v) is 10.9. The Kier molecular flexibility index (Phi) is 8.16. The lowest BCUT2D eigenvalue weighted by atomic mass is 10.0. The molecule has 14 nitrogen and oxygen atoms in total. The standard InChI is InChI=1S/C17H19N9O5S4/c18-2-1-3-31-24-8(11-22-16(19)35-25-11)12(27)21-9-13(28)26-10(15(29)30)7(4-32-14(9)26)5-33-17-23-20-6-34-17/h6,9,14H,1-5,18H2,(H,21,27)(H,29,30)(H2,19,22,25)/b24-8+/t9?,14-/m1/s1. The fraction of sp³-hybridized carbons (Fsp3) is 0.412. The largest absolute Gasteiger partial charge is 0.477 e. The molecule has 1 saturated heterocycles. The van der Waals surface area contributed by atoms with E-state index < -0.39 is 29.2 Å². The number of anilines is 1. The zero-order valence-electron chi connectivity index (χ0n) is 17.8. The van der Waals surface area contributed by atoms with Gasteiger partial charge in [0.15, 0.2) is 9.47 Å². The van der Waals surface area contributed by atoms with E-state index in [9.17, 15) is 19.5 Å². The predicted octanol–water partition coefficient (Wildman–Crippen LogP) is -0.428. The number of hydrogen-bond acceptors (Lipinski definition) is 15. The smallest absolute Gasteiger partial charge is 0.352 e. The highest BCUT2D eigenvalue weighted by molar-refractivity contribution is 8.01. The van der Waals surface area contributed by atoms with Crippen molar-refractivity contribution < 1.29 is 24.3 Å². The van der Waals surface area contributed by atoms with Gasteiger partial charge in [0.05, 0.1) is 0 Å². The van der Waals surface area contributed by atoms with Crippen LogP contribution in [0, 0.1) is 0 Å². The molecule has 4 heterocycles. The highest BCUT2D eigenvalue weighted by Crippen LogP contribution is 2.41. The molecule has 2 aromatic rings. The first-order valence-electron chi connectivity index (χ1n) is 10.00. The maximum absolute atomic E-state index is 13.0. The lowest BCUT2D eigenvalue weighted by Crippen LogP contribution is -2.71. The number of nitrogens with two attached hydrogens (primary N) is 2. The highest BCUT2D eigenvalue weighted by Gasteiger charge is 2.54. The number of rotatable bonds is 11. The number of nitrogens with one attached hydrogen (secondary N) is 1. The number of aliphatic carboxylic acids is 1. The number of carboxylic acid groups (broad SMARTS) is 1. The first-order valence-corrected chi connectivity index (χ1v) is 13.7. The molecule has 0 aromatic carbocycles. The van der Waals surface area contributed by atoms with E-state index in [-0.39, 0.29) is 29.0 Å². The van der Waals surface area contributed by atoms with E-state index in [1.807, 2.05) is 0 Å². The number of carbonyl (C=O) groups is 3. The van der Waals surface area contributed by atoms with Crippen molar-refractivity contribution in [3.05, 3.63) is 22.6 Å². The Labute approximate surface area is 214 Å². The lowest BCUT2D eigenvalue weighted by molar-refractivity contribution is -0.150. The number of hydrogen-bond donors (Lipinski definition) is 4. The van der Waals surface area contributed by atoms with Crippen molar-refractivity contribution in [1.82, 2.24) is 29.8 Å². The molecular weight excluding hydrogens is 539 g/mol. The number of oxime groups is 1. The molecule has 0 bridgehead atoms. The van der Waals surface area contributed by atoms with Gasteiger partial charge >= 0.3 is 5.97 Å². The Morgan fingerprint density at radius 3 is 2.91 bits per heavy atom. The van der Waals surface area contributed by atoms with Crippen LogP contribution in [0.3, 0.4) is 0 Å². The molecule has 1 unspecified atom stereocenters. The van der Waals surface area contributed by atoms with Crippen molar-refractivity contribution >= 4 is 75.0 Å². The van der Waals surface area contributed by atoms with Crippen LogP contribution in [0.5, 0.6) is 0 Å². The fourth-order valence-electron chi connectivity index (χ4n) is 3.15. The summed E-state index contributed by atoms with van der Waals surface area (Å²) in [5.41, 5.74) is 12.9. The molecule has 2 amide bonds. The van der Waals surface area contributed by atoms with Crippen molar-refractivity contribution in [3.63, 3.8) is 0 Å². The Morgan fingerprint density at radius 2 is 2.26 bits per heavy atom. The van der Waals surface area contributed by atoms with Crippen LogP contribution in [0.2, 0.25) is 0 Å². The number of carbonyl (C=O) groups excluding carboxylic acids is 2. The predicted molar refractivity (Wildman–Crippen MR) is 131 cm³/mol. The third kappa shape index (κ3) is 5.56. The van der Waals surface area contributed by atoms with Crippen LogP contribution in [0.15, 0.2) is 26.3 Å². The number of fused-ring (bicyclic) bond motifs is 1. The average molecular weight is 558 g/mol. The zero-order chi connectivity index (χ0) is 24.9. The summed E-state index contributed by atoms with van der Waals surface area (Å²) in [6.45, 7) is 0.553. The van der Waals surface area contributed by atoms with Crippen LogP contribution < -0.4 is 16.8 Å². The van der Waals surface area contributed by atoms with Gasteiger partial charge in [-0.1, -0.05) is 28.3 Å². The lowest BCUT2D eigenvalue weighted by Gasteiger charge is -2.49. The van der Waals surface area contributed by atoms with Gasteiger partial charge in [-0.15, -0.1) is 22.0 Å². The average Bonchev–Trinajstić information content (AvgIpc) is 3.52. The minimum Gasteiger partial charge on any atom is -0.477 e. The summed E-state index contributed by atoms with van der Waals surface area (Å²) in [5.74, 6) is -1.81. The van der Waals surface area contributed by atoms with Gasteiger partial charge in [-0.05, 0) is 18.5 Å². The SMILES string of the molecule is NCCCO/N=C(/C(=O)NC1C(=O)N2C(C(=O)O)=C(CSc3nncs3)CS[C@H]12)c1nsc(N)n1. The van der Waals surface area contributed by atoms with Gasteiger partial charge in [-0.2, -0.15) is 9.36 Å². The van der Waals surface area contributed by atoms with Crippen LogP contribution in [-0.4, -0.2) is 89.1 Å². The number of aromatic nitrogens is 4. The molecule has 4 rings (SSSR count). The summed E-state index contributed by atoms with van der Waals surface area (Å²) in [6.07, 6.45) is 0.518. The van der Waals surface area contributed by atoms with E-state index in [0.717, 1.165) is 11.5 Å². The first kappa shape index (κ1) is 25.3. The first-order chi connectivity index (χ1) is 16.9. The van der Waals surface area contributed by atoms with E-state index in [0.29, 0.717) is 34.4 Å². The number of thioether (sulfide) groups is 2. The van der Waals surface area contributed by atoms with Gasteiger partial charge < -0.3 is 26.7 Å². The maximum atomic E-state index is 13.0. The summed E-state index contributed by atoms with van der Waals surface area (Å²) >= 11 is 4.93. The normalized spacial score (nSPS) is 19.9. The van der Waals surface area contributed by atoms with Gasteiger partial charge in [0, 0.05) is 23.0 Å². The molecule has 0 radical (unpaired) electrons. The van der Waals surface area contributed by atoms with Crippen LogP contribution in [0.4, 0.5) is 5.13 Å². The molecule has 2 aromatic heterocycles. The third-order valence-electron chi connectivity index (χ3n) is 4.71. The summed E-state index contributed by atoms with van der Waals surface area (Å²) in [5, 5.41) is 23.5. The minimum absolute atomic E-state index is 0.0419. The number of nitrogen functional groups attached to an aromatic ring is 1. The molecule has 2 atom stereocenters. The fourth-order valence-corrected chi connectivity index (χ4v) is 6.56. The van der Waals surface area contributed by atoms with E-state index in [1.165, 1.54) is 39.8 Å². The molecule has 1 fully saturated rings. The molecule has 6 N–H and O–H groups in total. The van der Waals surface area contributed by atoms with E-state index in [1.54, 1.807) is 5.51 Å². The number of amides is 2. The molecule has 35 heavy (non-hydrogen) atoms. The molecule has 0 aliphatic carbocycles. The molecule has 2 aliphatic rings. The van der Waals surface area contributed by atoms with Gasteiger partial charge in [-0.3, -0.25) is 14.5 Å². The van der Waals surface area contributed by atoms with Crippen LogP contribution in [-0.2, 0) is 19.2 Å². The summed E-state index contributed by atoms with van der Waals surface area (Å²) in [6, 6.07) is -0.954. The Bertz CT molecular complexity index is 1170. The van der Waals surface area contributed by atoms with Crippen molar-refractivity contribution in [2.75, 3.05) is 30.4 Å². The van der Waals surface area contributed by atoms with Crippen molar-refractivity contribution in [2.45, 2.75) is 22.2 Å². The number of carboxylic acids is 1. The molecule has 0 spiro atoms. The quantitative estimate of drug-likeness (QED) is 0.0909. The van der Waals surface area contributed by atoms with E-state index in [2.05, 4.69) is 30.0 Å². The van der Waals surface area contributed by atoms with E-state index in [4.69, 9.17) is 16.3 Å². The van der Waals surface area contributed by atoms with Gasteiger partial charge in [0.25, 0.3) is 11.8 Å². The topological polar surface area (TPSA) is 212 Å². The zero-order valence-corrected chi connectivity index (χ0v) is 21.1. The molecule has 2 aliphatic heterocycles. The molecule has 18 heteroatoms. The van der Waals surface area contributed by atoms with Crippen molar-refractivity contribution in [3.8, 4) is 0 Å². The van der Waals surface area contributed by atoms with Crippen molar-refractivity contribution in [1.29, 1.82) is 0 Å². The third-order valence-corrected chi connectivity index (χ3v) is 8.54.